The van der Waals surface area contributed by atoms with Crippen LogP contribution in [0.3, 0.4) is 0 Å². The van der Waals surface area contributed by atoms with Gasteiger partial charge in [0, 0.05) is 0 Å². The standard InChI is InChI=1S/C17H24O/c1-14-10-8-9-13-16(14)17(2,18)15-11-6-4-3-5-7-12-15/h8-11,13,18H,3-7,12H2,1-2H3/b15-11+. The molecule has 1 aliphatic carbocycles. The third-order valence-electron chi connectivity index (χ3n) is 4.09. The zero-order valence-corrected chi connectivity index (χ0v) is 11.6. The molecule has 1 aliphatic rings. The molecule has 1 unspecified atom stereocenters. The van der Waals surface area contributed by atoms with Crippen LogP contribution >= 0.6 is 0 Å². The summed E-state index contributed by atoms with van der Waals surface area (Å²) in [5.41, 5.74) is 2.63. The maximum Gasteiger partial charge on any atom is 0.108 e. The monoisotopic (exact) mass is 244 g/mol. The number of aryl methyl sites for hydroxylation is 1. The minimum atomic E-state index is -0.803. The SMILES string of the molecule is Cc1ccccc1C(C)(O)/C1=C/CCCCCC1. The van der Waals surface area contributed by atoms with Crippen molar-refractivity contribution in [1.29, 1.82) is 0 Å². The van der Waals surface area contributed by atoms with Gasteiger partial charge in [-0.15, -0.1) is 0 Å². The number of benzene rings is 1. The average Bonchev–Trinajstić information content (AvgIpc) is 2.28. The number of hydrogen-bond donors (Lipinski definition) is 1. The molecule has 0 fully saturated rings. The molecule has 0 amide bonds. The maximum atomic E-state index is 10.9. The highest BCUT2D eigenvalue weighted by Gasteiger charge is 2.29. The highest BCUT2D eigenvalue weighted by molar-refractivity contribution is 5.37. The first-order valence-electron chi connectivity index (χ1n) is 7.10. The predicted molar refractivity (Wildman–Crippen MR) is 76.5 cm³/mol. The van der Waals surface area contributed by atoms with E-state index in [9.17, 15) is 5.11 Å². The summed E-state index contributed by atoms with van der Waals surface area (Å²) in [6.07, 6.45) is 9.49. The molecular weight excluding hydrogens is 220 g/mol. The van der Waals surface area contributed by atoms with E-state index in [4.69, 9.17) is 0 Å². The fourth-order valence-corrected chi connectivity index (χ4v) is 2.93. The molecule has 1 heteroatoms. The Hall–Kier alpha value is -1.08. The van der Waals surface area contributed by atoms with Gasteiger partial charge in [0.05, 0.1) is 0 Å². The number of rotatable bonds is 2. The summed E-state index contributed by atoms with van der Waals surface area (Å²) >= 11 is 0. The van der Waals surface area contributed by atoms with Crippen molar-refractivity contribution >= 4 is 0 Å². The Labute approximate surface area is 111 Å². The summed E-state index contributed by atoms with van der Waals surface area (Å²) in [5, 5.41) is 10.9. The van der Waals surface area contributed by atoms with Gasteiger partial charge in [-0.1, -0.05) is 43.2 Å². The van der Waals surface area contributed by atoms with Crippen molar-refractivity contribution in [3.63, 3.8) is 0 Å². The average molecular weight is 244 g/mol. The van der Waals surface area contributed by atoms with Crippen molar-refractivity contribution < 1.29 is 5.11 Å². The highest BCUT2D eigenvalue weighted by Crippen LogP contribution is 2.35. The molecule has 1 atom stereocenters. The van der Waals surface area contributed by atoms with Crippen LogP contribution in [0.5, 0.6) is 0 Å². The van der Waals surface area contributed by atoms with E-state index in [-0.39, 0.29) is 0 Å². The van der Waals surface area contributed by atoms with Gasteiger partial charge in [-0.25, -0.2) is 0 Å². The van der Waals surface area contributed by atoms with E-state index in [1.807, 2.05) is 19.1 Å². The maximum absolute atomic E-state index is 10.9. The zero-order chi connectivity index (χ0) is 13.0. The second kappa shape index (κ2) is 5.71. The van der Waals surface area contributed by atoms with E-state index >= 15 is 0 Å². The minimum Gasteiger partial charge on any atom is -0.381 e. The van der Waals surface area contributed by atoms with E-state index in [1.54, 1.807) is 0 Å². The molecule has 0 spiro atoms. The van der Waals surface area contributed by atoms with Crippen molar-refractivity contribution in [3.8, 4) is 0 Å². The summed E-state index contributed by atoms with van der Waals surface area (Å²) in [7, 11) is 0. The summed E-state index contributed by atoms with van der Waals surface area (Å²) in [6, 6.07) is 8.17. The molecule has 1 N–H and O–H groups in total. The van der Waals surface area contributed by atoms with Crippen LogP contribution in [0, 0.1) is 6.92 Å². The Morgan fingerprint density at radius 1 is 1.06 bits per heavy atom. The molecule has 1 nitrogen and oxygen atoms in total. The zero-order valence-electron chi connectivity index (χ0n) is 11.6. The topological polar surface area (TPSA) is 20.2 Å². The first-order chi connectivity index (χ1) is 8.62. The van der Waals surface area contributed by atoms with E-state index in [2.05, 4.69) is 25.1 Å². The Bertz CT molecular complexity index is 429. The van der Waals surface area contributed by atoms with Crippen LogP contribution in [0.25, 0.3) is 0 Å². The van der Waals surface area contributed by atoms with Crippen molar-refractivity contribution in [2.24, 2.45) is 0 Å². The predicted octanol–water partition coefficient (Wildman–Crippen LogP) is 4.48. The van der Waals surface area contributed by atoms with Gasteiger partial charge in [-0.3, -0.25) is 0 Å². The Morgan fingerprint density at radius 3 is 2.56 bits per heavy atom. The molecule has 0 heterocycles. The molecule has 2 rings (SSSR count). The molecule has 0 aliphatic heterocycles. The number of aliphatic hydroxyl groups is 1. The lowest BCUT2D eigenvalue weighted by molar-refractivity contribution is 0.0916. The van der Waals surface area contributed by atoms with E-state index in [0.717, 1.165) is 18.4 Å². The Balaban J connectivity index is 2.31. The second-order valence-electron chi connectivity index (χ2n) is 5.57. The number of allylic oxidation sites excluding steroid dienone is 1. The summed E-state index contributed by atoms with van der Waals surface area (Å²) in [6.45, 7) is 4.02. The molecule has 18 heavy (non-hydrogen) atoms. The normalized spacial score (nSPS) is 23.4. The minimum absolute atomic E-state index is 0.803. The number of hydrogen-bond acceptors (Lipinski definition) is 1. The van der Waals surface area contributed by atoms with Crippen LogP contribution in [0.15, 0.2) is 35.9 Å². The fourth-order valence-electron chi connectivity index (χ4n) is 2.93. The first kappa shape index (κ1) is 13.4. The lowest BCUT2D eigenvalue weighted by Gasteiger charge is -2.30. The lowest BCUT2D eigenvalue weighted by Crippen LogP contribution is -2.25. The van der Waals surface area contributed by atoms with Crippen LogP contribution in [0.4, 0.5) is 0 Å². The third kappa shape index (κ3) is 2.84. The summed E-state index contributed by atoms with van der Waals surface area (Å²) < 4.78 is 0. The molecule has 0 saturated heterocycles. The molecule has 0 radical (unpaired) electrons. The van der Waals surface area contributed by atoms with Crippen molar-refractivity contribution in [1.82, 2.24) is 0 Å². The van der Waals surface area contributed by atoms with E-state index in [1.165, 1.54) is 36.8 Å². The molecule has 1 aromatic carbocycles. The molecule has 98 valence electrons. The molecular formula is C17H24O. The molecule has 1 aromatic rings. The van der Waals surface area contributed by atoms with Crippen LogP contribution in [0.2, 0.25) is 0 Å². The van der Waals surface area contributed by atoms with Gasteiger partial charge in [-0.2, -0.15) is 0 Å². The van der Waals surface area contributed by atoms with Gasteiger partial charge in [0.15, 0.2) is 0 Å². The Morgan fingerprint density at radius 2 is 1.78 bits per heavy atom. The smallest absolute Gasteiger partial charge is 0.108 e. The van der Waals surface area contributed by atoms with Crippen LogP contribution in [-0.2, 0) is 5.60 Å². The van der Waals surface area contributed by atoms with Crippen molar-refractivity contribution in [3.05, 3.63) is 47.0 Å². The summed E-state index contributed by atoms with van der Waals surface area (Å²) in [5.74, 6) is 0. The quantitative estimate of drug-likeness (QED) is 0.760. The van der Waals surface area contributed by atoms with Gasteiger partial charge in [-0.05, 0) is 56.2 Å². The van der Waals surface area contributed by atoms with Crippen molar-refractivity contribution in [2.45, 2.75) is 58.0 Å². The fraction of sp³-hybridized carbons (Fsp3) is 0.529. The van der Waals surface area contributed by atoms with Gasteiger partial charge in [0.1, 0.15) is 5.60 Å². The molecule has 0 aromatic heterocycles. The van der Waals surface area contributed by atoms with Crippen LogP contribution < -0.4 is 0 Å². The van der Waals surface area contributed by atoms with Gasteiger partial charge in [0.2, 0.25) is 0 Å². The van der Waals surface area contributed by atoms with E-state index in [0.29, 0.717) is 0 Å². The van der Waals surface area contributed by atoms with Gasteiger partial charge in [0.25, 0.3) is 0 Å². The molecule has 0 saturated carbocycles. The largest absolute Gasteiger partial charge is 0.381 e. The third-order valence-corrected chi connectivity index (χ3v) is 4.09. The van der Waals surface area contributed by atoms with Gasteiger partial charge < -0.3 is 5.11 Å². The lowest BCUT2D eigenvalue weighted by atomic mass is 9.81. The summed E-state index contributed by atoms with van der Waals surface area (Å²) in [4.78, 5) is 0. The van der Waals surface area contributed by atoms with Crippen molar-refractivity contribution in [2.75, 3.05) is 0 Å². The van der Waals surface area contributed by atoms with Crippen LogP contribution in [-0.4, -0.2) is 5.11 Å². The van der Waals surface area contributed by atoms with Crippen LogP contribution in [0.1, 0.15) is 56.6 Å². The van der Waals surface area contributed by atoms with Gasteiger partial charge >= 0.3 is 0 Å². The first-order valence-corrected chi connectivity index (χ1v) is 7.10. The molecule has 0 bridgehead atoms. The highest BCUT2D eigenvalue weighted by atomic mass is 16.3. The second-order valence-corrected chi connectivity index (χ2v) is 5.57. The van der Waals surface area contributed by atoms with E-state index < -0.39 is 5.60 Å². The Kier molecular flexibility index (Phi) is 4.23.